The lowest BCUT2D eigenvalue weighted by molar-refractivity contribution is 0.134. The smallest absolute Gasteiger partial charge is 0.122 e. The topological polar surface area (TPSA) is 73.3 Å². The first-order valence-electron chi connectivity index (χ1n) is 6.81. The molecular weight excluding hydrogens is 238 g/mol. The maximum Gasteiger partial charge on any atom is 0.122 e. The molecule has 2 unspecified atom stereocenters. The molecule has 1 saturated heterocycles. The van der Waals surface area contributed by atoms with Gasteiger partial charge < -0.3 is 10.8 Å². The fraction of sp³-hybridized carbons (Fsp3) is 0.533. The number of rotatable bonds is 4. The van der Waals surface area contributed by atoms with Crippen LogP contribution in [0.4, 0.5) is 0 Å². The van der Waals surface area contributed by atoms with E-state index in [1.807, 2.05) is 18.2 Å². The summed E-state index contributed by atoms with van der Waals surface area (Å²) < 4.78 is 0. The van der Waals surface area contributed by atoms with Gasteiger partial charge in [0.1, 0.15) is 5.84 Å². The van der Waals surface area contributed by atoms with Gasteiger partial charge in [0.2, 0.25) is 0 Å². The van der Waals surface area contributed by atoms with E-state index < -0.39 is 0 Å². The second-order valence-electron chi connectivity index (χ2n) is 5.54. The highest BCUT2D eigenvalue weighted by atomic mass is 16.3. The molecule has 2 atom stereocenters. The predicted octanol–water partition coefficient (Wildman–Crippen LogP) is 1.48. The van der Waals surface area contributed by atoms with Gasteiger partial charge in [-0.3, -0.25) is 10.3 Å². The molecule has 0 bridgehead atoms. The van der Waals surface area contributed by atoms with E-state index in [0.29, 0.717) is 5.92 Å². The highest BCUT2D eigenvalue weighted by molar-refractivity contribution is 5.95. The number of amidine groups is 1. The van der Waals surface area contributed by atoms with Crippen LogP contribution in [0.3, 0.4) is 0 Å². The molecule has 0 radical (unpaired) electrons. The highest BCUT2D eigenvalue weighted by Crippen LogP contribution is 2.26. The number of nitrogen functional groups attached to an aromatic ring is 1. The summed E-state index contributed by atoms with van der Waals surface area (Å²) in [6, 6.07) is 6.18. The number of aliphatic hydroxyl groups excluding tert-OH is 1. The van der Waals surface area contributed by atoms with Gasteiger partial charge >= 0.3 is 0 Å². The SMILES string of the molecule is Cc1cc(C(=N)N)ccc1CN1CCC(C)C1CO. The summed E-state index contributed by atoms with van der Waals surface area (Å²) in [6.07, 6.45) is 1.15. The predicted molar refractivity (Wildman–Crippen MR) is 77.3 cm³/mol. The van der Waals surface area contributed by atoms with Gasteiger partial charge in [-0.15, -0.1) is 0 Å². The van der Waals surface area contributed by atoms with Crippen LogP contribution in [0.1, 0.15) is 30.0 Å². The monoisotopic (exact) mass is 261 g/mol. The zero-order valence-electron chi connectivity index (χ0n) is 11.7. The highest BCUT2D eigenvalue weighted by Gasteiger charge is 2.30. The molecule has 1 heterocycles. The second-order valence-corrected chi connectivity index (χ2v) is 5.54. The van der Waals surface area contributed by atoms with Gasteiger partial charge in [-0.05, 0) is 43.0 Å². The van der Waals surface area contributed by atoms with Crippen molar-refractivity contribution in [3.8, 4) is 0 Å². The molecule has 0 saturated carbocycles. The minimum absolute atomic E-state index is 0.109. The molecule has 104 valence electrons. The van der Waals surface area contributed by atoms with Crippen LogP contribution in [0, 0.1) is 18.3 Å². The molecule has 1 aromatic carbocycles. The number of hydrogen-bond donors (Lipinski definition) is 3. The molecule has 1 fully saturated rings. The fourth-order valence-electron chi connectivity index (χ4n) is 2.84. The Kier molecular flexibility index (Phi) is 4.22. The zero-order valence-corrected chi connectivity index (χ0v) is 11.7. The van der Waals surface area contributed by atoms with Gasteiger partial charge in [0, 0.05) is 18.2 Å². The molecule has 1 aromatic rings. The van der Waals surface area contributed by atoms with Crippen molar-refractivity contribution in [3.63, 3.8) is 0 Å². The van der Waals surface area contributed by atoms with E-state index in [1.54, 1.807) is 0 Å². The summed E-state index contributed by atoms with van der Waals surface area (Å²) in [5, 5.41) is 16.9. The normalized spacial score (nSPS) is 23.7. The van der Waals surface area contributed by atoms with Crippen molar-refractivity contribution < 1.29 is 5.11 Å². The molecular formula is C15H23N3O. The lowest BCUT2D eigenvalue weighted by Gasteiger charge is -2.25. The molecule has 4 heteroatoms. The van der Waals surface area contributed by atoms with Crippen molar-refractivity contribution in [2.24, 2.45) is 11.7 Å². The number of nitrogens with two attached hydrogens (primary N) is 1. The zero-order chi connectivity index (χ0) is 14.0. The number of hydrogen-bond acceptors (Lipinski definition) is 3. The van der Waals surface area contributed by atoms with Crippen LogP contribution < -0.4 is 5.73 Å². The maximum absolute atomic E-state index is 9.48. The summed E-state index contributed by atoms with van der Waals surface area (Å²) in [4.78, 5) is 2.35. The number of nitrogens with one attached hydrogen (secondary N) is 1. The number of nitrogens with zero attached hydrogens (tertiary/aromatic N) is 1. The van der Waals surface area contributed by atoms with E-state index in [9.17, 15) is 5.11 Å². The number of aliphatic hydroxyl groups is 1. The first-order chi connectivity index (χ1) is 9.02. The lowest BCUT2D eigenvalue weighted by atomic mass is 10.0. The van der Waals surface area contributed by atoms with Crippen LogP contribution in [0.15, 0.2) is 18.2 Å². The Morgan fingerprint density at radius 3 is 2.84 bits per heavy atom. The van der Waals surface area contributed by atoms with Gasteiger partial charge in [0.05, 0.1) is 6.61 Å². The molecule has 0 aromatic heterocycles. The molecule has 19 heavy (non-hydrogen) atoms. The lowest BCUT2D eigenvalue weighted by Crippen LogP contribution is -2.34. The molecule has 1 aliphatic rings. The van der Waals surface area contributed by atoms with Crippen molar-refractivity contribution in [2.45, 2.75) is 32.9 Å². The quantitative estimate of drug-likeness (QED) is 0.568. The molecule has 0 aliphatic carbocycles. The Morgan fingerprint density at radius 1 is 1.53 bits per heavy atom. The Morgan fingerprint density at radius 2 is 2.26 bits per heavy atom. The first-order valence-corrected chi connectivity index (χ1v) is 6.81. The van der Waals surface area contributed by atoms with Gasteiger partial charge in [-0.1, -0.05) is 19.1 Å². The van der Waals surface area contributed by atoms with E-state index in [-0.39, 0.29) is 18.5 Å². The summed E-state index contributed by atoms with van der Waals surface area (Å²) in [7, 11) is 0. The minimum atomic E-state index is 0.109. The summed E-state index contributed by atoms with van der Waals surface area (Å²) in [6.45, 7) is 6.38. The van der Waals surface area contributed by atoms with Gasteiger partial charge in [-0.2, -0.15) is 0 Å². The summed E-state index contributed by atoms with van der Waals surface area (Å²) >= 11 is 0. The molecule has 0 amide bonds. The van der Waals surface area contributed by atoms with Crippen molar-refractivity contribution in [2.75, 3.05) is 13.2 Å². The Bertz CT molecular complexity index is 472. The van der Waals surface area contributed by atoms with Crippen molar-refractivity contribution in [3.05, 3.63) is 34.9 Å². The molecule has 4 N–H and O–H groups in total. The number of likely N-dealkylation sites (tertiary alicyclic amines) is 1. The van der Waals surface area contributed by atoms with Crippen LogP contribution in [0.5, 0.6) is 0 Å². The van der Waals surface area contributed by atoms with Gasteiger partial charge in [0.15, 0.2) is 0 Å². The first kappa shape index (κ1) is 14.0. The number of benzene rings is 1. The van der Waals surface area contributed by atoms with Crippen LogP contribution in [0.2, 0.25) is 0 Å². The molecule has 4 nitrogen and oxygen atoms in total. The summed E-state index contributed by atoms with van der Waals surface area (Å²) in [5.41, 5.74) is 8.67. The average molecular weight is 261 g/mol. The Balaban J connectivity index is 2.13. The third kappa shape index (κ3) is 2.96. The van der Waals surface area contributed by atoms with E-state index in [2.05, 4.69) is 18.7 Å². The minimum Gasteiger partial charge on any atom is -0.395 e. The summed E-state index contributed by atoms with van der Waals surface area (Å²) in [5.74, 6) is 0.666. The van der Waals surface area contributed by atoms with Gasteiger partial charge in [0.25, 0.3) is 0 Å². The van der Waals surface area contributed by atoms with E-state index in [0.717, 1.165) is 30.6 Å². The van der Waals surface area contributed by atoms with Crippen LogP contribution >= 0.6 is 0 Å². The fourth-order valence-corrected chi connectivity index (χ4v) is 2.84. The third-order valence-electron chi connectivity index (χ3n) is 4.21. The van der Waals surface area contributed by atoms with E-state index in [1.165, 1.54) is 5.56 Å². The molecule has 1 aliphatic heterocycles. The Labute approximate surface area is 114 Å². The standard InChI is InChI=1S/C15H23N3O/c1-10-5-6-18(14(10)9-19)8-13-4-3-12(15(16)17)7-11(13)2/h3-4,7,10,14,19H,5-6,8-9H2,1-2H3,(H3,16,17). The van der Waals surface area contributed by atoms with Crippen LogP contribution in [-0.4, -0.2) is 35.0 Å². The Hall–Kier alpha value is -1.39. The van der Waals surface area contributed by atoms with Crippen LogP contribution in [-0.2, 0) is 6.54 Å². The van der Waals surface area contributed by atoms with Gasteiger partial charge in [-0.25, -0.2) is 0 Å². The largest absolute Gasteiger partial charge is 0.395 e. The average Bonchev–Trinajstić information content (AvgIpc) is 2.72. The van der Waals surface area contributed by atoms with Crippen molar-refractivity contribution in [1.82, 2.24) is 4.90 Å². The van der Waals surface area contributed by atoms with Crippen molar-refractivity contribution in [1.29, 1.82) is 5.41 Å². The molecule has 0 spiro atoms. The van der Waals surface area contributed by atoms with Crippen LogP contribution in [0.25, 0.3) is 0 Å². The third-order valence-corrected chi connectivity index (χ3v) is 4.21. The van der Waals surface area contributed by atoms with E-state index in [4.69, 9.17) is 11.1 Å². The number of aryl methyl sites for hydroxylation is 1. The maximum atomic E-state index is 9.48. The molecule has 2 rings (SSSR count). The van der Waals surface area contributed by atoms with Crippen molar-refractivity contribution >= 4 is 5.84 Å². The second kappa shape index (κ2) is 5.72. The van der Waals surface area contributed by atoms with E-state index >= 15 is 0 Å².